The van der Waals surface area contributed by atoms with Crippen LogP contribution in [0.25, 0.3) is 0 Å². The summed E-state index contributed by atoms with van der Waals surface area (Å²) in [6.45, 7) is 2.65. The van der Waals surface area contributed by atoms with Crippen LogP contribution in [0.2, 0.25) is 0 Å². The maximum atomic E-state index is 12.1. The lowest BCUT2D eigenvalue weighted by atomic mass is 9.87. The molecule has 1 saturated carbocycles. The van der Waals surface area contributed by atoms with Gasteiger partial charge in [-0.05, 0) is 26.2 Å². The Hall–Kier alpha value is -0.220. The molecule has 0 radical (unpaired) electrons. The lowest BCUT2D eigenvalue weighted by Crippen LogP contribution is -2.31. The fourth-order valence-electron chi connectivity index (χ4n) is 2.85. The highest BCUT2D eigenvalue weighted by Gasteiger charge is 2.32. The third kappa shape index (κ3) is 3.38. The highest BCUT2D eigenvalue weighted by Crippen LogP contribution is 2.26. The van der Waals surface area contributed by atoms with Gasteiger partial charge in [0.15, 0.2) is 0 Å². The number of ether oxygens (including phenoxy) is 1. The van der Waals surface area contributed by atoms with E-state index in [1.165, 1.54) is 6.42 Å². The Bertz CT molecular complexity index is 297. The first-order chi connectivity index (χ1) is 8.18. The predicted molar refractivity (Wildman–Crippen MR) is 68.4 cm³/mol. The molecule has 17 heavy (non-hydrogen) atoms. The molecule has 0 spiro atoms. The summed E-state index contributed by atoms with van der Waals surface area (Å²) in [6.07, 6.45) is 6.47. The Morgan fingerprint density at radius 3 is 2.53 bits per heavy atom. The minimum Gasteiger partial charge on any atom is -0.377 e. The van der Waals surface area contributed by atoms with Gasteiger partial charge in [-0.25, -0.2) is 0 Å². The van der Waals surface area contributed by atoms with Gasteiger partial charge < -0.3 is 4.74 Å². The standard InChI is InChI=1S/C13H22O3S/c1-10-13(7-8-16-10)17(15)9-12(14)11-5-3-2-4-6-11/h10-11,13H,2-9H2,1H3. The van der Waals surface area contributed by atoms with Crippen molar-refractivity contribution in [2.24, 2.45) is 5.92 Å². The molecule has 1 heterocycles. The van der Waals surface area contributed by atoms with Crippen LogP contribution >= 0.6 is 0 Å². The molecule has 0 aromatic heterocycles. The van der Waals surface area contributed by atoms with Crippen LogP contribution in [-0.4, -0.2) is 33.7 Å². The summed E-state index contributed by atoms with van der Waals surface area (Å²) in [7, 11) is -1.03. The van der Waals surface area contributed by atoms with E-state index >= 15 is 0 Å². The molecular weight excluding hydrogens is 236 g/mol. The highest BCUT2D eigenvalue weighted by atomic mass is 32.2. The van der Waals surface area contributed by atoms with Crippen LogP contribution in [0.5, 0.6) is 0 Å². The maximum absolute atomic E-state index is 12.1. The number of carbonyl (C=O) groups is 1. The monoisotopic (exact) mass is 258 g/mol. The summed E-state index contributed by atoms with van der Waals surface area (Å²) in [5.41, 5.74) is 0. The van der Waals surface area contributed by atoms with Crippen molar-refractivity contribution in [3.63, 3.8) is 0 Å². The van der Waals surface area contributed by atoms with Crippen LogP contribution in [0.15, 0.2) is 0 Å². The van der Waals surface area contributed by atoms with Crippen LogP contribution in [0.3, 0.4) is 0 Å². The van der Waals surface area contributed by atoms with Crippen LogP contribution in [-0.2, 0) is 20.3 Å². The van der Waals surface area contributed by atoms with E-state index in [0.29, 0.717) is 6.61 Å². The number of rotatable bonds is 4. The van der Waals surface area contributed by atoms with Crippen LogP contribution in [0, 0.1) is 5.92 Å². The van der Waals surface area contributed by atoms with E-state index in [2.05, 4.69) is 0 Å². The fraction of sp³-hybridized carbons (Fsp3) is 0.923. The summed E-state index contributed by atoms with van der Waals surface area (Å²) >= 11 is 0. The molecule has 0 aromatic carbocycles. The van der Waals surface area contributed by atoms with Crippen molar-refractivity contribution in [1.82, 2.24) is 0 Å². The molecular formula is C13H22O3S. The van der Waals surface area contributed by atoms with Gasteiger partial charge in [-0.15, -0.1) is 0 Å². The van der Waals surface area contributed by atoms with Crippen molar-refractivity contribution < 1.29 is 13.7 Å². The minimum absolute atomic E-state index is 0.0509. The van der Waals surface area contributed by atoms with Gasteiger partial charge in [0.2, 0.25) is 0 Å². The van der Waals surface area contributed by atoms with Gasteiger partial charge in [0.05, 0.1) is 17.1 Å². The first-order valence-corrected chi connectivity index (χ1v) is 8.08. The van der Waals surface area contributed by atoms with E-state index in [9.17, 15) is 9.00 Å². The molecule has 3 nitrogen and oxygen atoms in total. The van der Waals surface area contributed by atoms with Crippen molar-refractivity contribution in [1.29, 1.82) is 0 Å². The molecule has 0 aromatic rings. The van der Waals surface area contributed by atoms with Gasteiger partial charge in [-0.1, -0.05) is 19.3 Å². The highest BCUT2D eigenvalue weighted by molar-refractivity contribution is 7.86. The van der Waals surface area contributed by atoms with Crippen LogP contribution in [0.1, 0.15) is 45.4 Å². The van der Waals surface area contributed by atoms with Crippen molar-refractivity contribution >= 4 is 16.6 Å². The lowest BCUT2D eigenvalue weighted by Gasteiger charge is -2.21. The molecule has 0 bridgehead atoms. The Morgan fingerprint density at radius 2 is 1.94 bits per heavy atom. The molecule has 1 aliphatic carbocycles. The molecule has 1 saturated heterocycles. The SMILES string of the molecule is CC1OCCC1S(=O)CC(=O)C1CCCCC1. The van der Waals surface area contributed by atoms with E-state index < -0.39 is 10.8 Å². The minimum atomic E-state index is -1.03. The molecule has 1 aliphatic heterocycles. The van der Waals surface area contributed by atoms with Crippen molar-refractivity contribution in [2.45, 2.75) is 56.8 Å². The van der Waals surface area contributed by atoms with E-state index in [1.54, 1.807) is 0 Å². The van der Waals surface area contributed by atoms with Gasteiger partial charge in [-0.2, -0.15) is 0 Å². The zero-order valence-electron chi connectivity index (χ0n) is 10.5. The van der Waals surface area contributed by atoms with Gasteiger partial charge in [0, 0.05) is 23.3 Å². The normalized spacial score (nSPS) is 32.5. The van der Waals surface area contributed by atoms with Crippen LogP contribution < -0.4 is 0 Å². The quantitative estimate of drug-likeness (QED) is 0.775. The summed E-state index contributed by atoms with van der Waals surface area (Å²) in [6, 6.07) is 0. The maximum Gasteiger partial charge on any atom is 0.148 e. The van der Waals surface area contributed by atoms with Gasteiger partial charge in [-0.3, -0.25) is 9.00 Å². The molecule has 0 N–H and O–H groups in total. The fourth-order valence-corrected chi connectivity index (χ4v) is 4.44. The van der Waals surface area contributed by atoms with E-state index in [4.69, 9.17) is 4.74 Å². The number of ketones is 1. The second kappa shape index (κ2) is 6.10. The molecule has 3 unspecified atom stereocenters. The number of Topliss-reactive ketones (excluding diaryl/α,β-unsaturated/α-hetero) is 1. The molecule has 98 valence electrons. The van der Waals surface area contributed by atoms with Gasteiger partial charge in [0.1, 0.15) is 5.78 Å². The first-order valence-electron chi connectivity index (χ1n) is 6.70. The largest absolute Gasteiger partial charge is 0.377 e. The number of carbonyl (C=O) groups excluding carboxylic acids is 1. The summed E-state index contributed by atoms with van der Waals surface area (Å²) in [5, 5.41) is 0.0718. The summed E-state index contributed by atoms with van der Waals surface area (Å²) < 4.78 is 17.5. The average Bonchev–Trinajstić information content (AvgIpc) is 2.76. The zero-order chi connectivity index (χ0) is 12.3. The Labute approximate surface area is 106 Å². The predicted octanol–water partition coefficient (Wildman–Crippen LogP) is 2.06. The molecule has 4 heteroatoms. The molecule has 2 aliphatic rings. The third-order valence-corrected chi connectivity index (χ3v) is 5.85. The Kier molecular flexibility index (Phi) is 4.74. The van der Waals surface area contributed by atoms with E-state index in [1.807, 2.05) is 6.92 Å². The van der Waals surface area contributed by atoms with Crippen molar-refractivity contribution in [3.8, 4) is 0 Å². The molecule has 0 amide bonds. The second-order valence-corrected chi connectivity index (χ2v) is 6.89. The smallest absolute Gasteiger partial charge is 0.148 e. The van der Waals surface area contributed by atoms with E-state index in [0.717, 1.165) is 32.1 Å². The summed E-state index contributed by atoms with van der Waals surface area (Å²) in [5.74, 6) is 0.663. The van der Waals surface area contributed by atoms with Crippen LogP contribution in [0.4, 0.5) is 0 Å². The number of hydrogen-bond donors (Lipinski definition) is 0. The lowest BCUT2D eigenvalue weighted by molar-refractivity contribution is -0.121. The zero-order valence-corrected chi connectivity index (χ0v) is 11.3. The topological polar surface area (TPSA) is 43.4 Å². The van der Waals surface area contributed by atoms with Crippen molar-refractivity contribution in [3.05, 3.63) is 0 Å². The average molecular weight is 258 g/mol. The van der Waals surface area contributed by atoms with Gasteiger partial charge in [0.25, 0.3) is 0 Å². The van der Waals surface area contributed by atoms with Gasteiger partial charge >= 0.3 is 0 Å². The molecule has 3 atom stereocenters. The second-order valence-electron chi connectivity index (χ2n) is 5.23. The number of hydrogen-bond acceptors (Lipinski definition) is 3. The van der Waals surface area contributed by atoms with Crippen molar-refractivity contribution in [2.75, 3.05) is 12.4 Å². The third-order valence-electron chi connectivity index (χ3n) is 3.99. The van der Waals surface area contributed by atoms with E-state index in [-0.39, 0.29) is 28.8 Å². The molecule has 2 rings (SSSR count). The summed E-state index contributed by atoms with van der Waals surface area (Å²) in [4.78, 5) is 12.0. The Balaban J connectivity index is 1.83. The Morgan fingerprint density at radius 1 is 1.24 bits per heavy atom. The first kappa shape index (κ1) is 13.2. The molecule has 2 fully saturated rings.